The zero-order valence-electron chi connectivity index (χ0n) is 15.8. The highest BCUT2D eigenvalue weighted by atomic mass is 32.2. The van der Waals surface area contributed by atoms with Gasteiger partial charge < -0.3 is 5.32 Å². The van der Waals surface area contributed by atoms with Crippen LogP contribution in [0.2, 0.25) is 0 Å². The number of piperidine rings is 1. The van der Waals surface area contributed by atoms with Crippen molar-refractivity contribution in [2.75, 3.05) is 6.54 Å². The first-order valence-electron chi connectivity index (χ1n) is 9.80. The summed E-state index contributed by atoms with van der Waals surface area (Å²) >= 11 is 0. The molecule has 144 valence electrons. The molecule has 1 N–H and O–H groups in total. The average Bonchev–Trinajstić information content (AvgIpc) is 2.64. The minimum absolute atomic E-state index is 0.0328. The van der Waals surface area contributed by atoms with Crippen LogP contribution in [0.25, 0.3) is 0 Å². The molecule has 1 atom stereocenters. The Morgan fingerprint density at radius 3 is 2.27 bits per heavy atom. The molecule has 0 radical (unpaired) electrons. The van der Waals surface area contributed by atoms with Gasteiger partial charge >= 0.3 is 0 Å². The topological polar surface area (TPSA) is 66.5 Å². The van der Waals surface area contributed by atoms with Crippen LogP contribution in [0.5, 0.6) is 0 Å². The van der Waals surface area contributed by atoms with Crippen molar-refractivity contribution in [3.05, 3.63) is 29.8 Å². The zero-order chi connectivity index (χ0) is 18.7. The number of nitrogens with zero attached hydrogens (tertiary/aromatic N) is 1. The Balaban J connectivity index is 1.66. The van der Waals surface area contributed by atoms with Crippen molar-refractivity contribution in [2.24, 2.45) is 5.92 Å². The molecule has 2 aliphatic rings. The summed E-state index contributed by atoms with van der Waals surface area (Å²) in [6, 6.07) is 6.65. The third kappa shape index (κ3) is 4.29. The molecule has 0 bridgehead atoms. The normalized spacial score (nSPS) is 27.8. The van der Waals surface area contributed by atoms with Gasteiger partial charge in [-0.25, -0.2) is 8.42 Å². The lowest BCUT2D eigenvalue weighted by Crippen LogP contribution is -2.41. The molecule has 6 heteroatoms. The number of carbonyl (C=O) groups is 1. The fraction of sp³-hybridized carbons (Fsp3) is 0.650. The van der Waals surface area contributed by atoms with E-state index in [9.17, 15) is 13.2 Å². The molecular weight excluding hydrogens is 348 g/mol. The first-order valence-corrected chi connectivity index (χ1v) is 11.2. The summed E-state index contributed by atoms with van der Waals surface area (Å²) in [5.74, 6) is 0.629. The minimum Gasteiger partial charge on any atom is -0.349 e. The SMILES string of the molecule is CC1CCC(NC(=O)c2ccc(S(=O)(=O)N3CCCCC3C)cc2)CC1. The molecule has 1 amide bonds. The summed E-state index contributed by atoms with van der Waals surface area (Å²) in [5, 5.41) is 3.09. The molecule has 1 aromatic rings. The van der Waals surface area contributed by atoms with Crippen molar-refractivity contribution in [3.8, 4) is 0 Å². The highest BCUT2D eigenvalue weighted by Gasteiger charge is 2.31. The maximum Gasteiger partial charge on any atom is 0.251 e. The van der Waals surface area contributed by atoms with E-state index in [2.05, 4.69) is 12.2 Å². The molecule has 5 nitrogen and oxygen atoms in total. The van der Waals surface area contributed by atoms with Gasteiger partial charge in [0.15, 0.2) is 0 Å². The van der Waals surface area contributed by atoms with Gasteiger partial charge in [0, 0.05) is 24.2 Å². The summed E-state index contributed by atoms with van der Waals surface area (Å²) in [5.41, 5.74) is 0.522. The van der Waals surface area contributed by atoms with E-state index in [-0.39, 0.29) is 22.9 Å². The number of amides is 1. The summed E-state index contributed by atoms with van der Waals surface area (Å²) < 4.78 is 27.3. The van der Waals surface area contributed by atoms with Crippen LogP contribution in [0.4, 0.5) is 0 Å². The van der Waals surface area contributed by atoms with Gasteiger partial charge in [-0.05, 0) is 75.6 Å². The summed E-state index contributed by atoms with van der Waals surface area (Å²) in [7, 11) is -3.49. The van der Waals surface area contributed by atoms with Crippen molar-refractivity contribution >= 4 is 15.9 Å². The standard InChI is InChI=1S/C20H30N2O3S/c1-15-6-10-18(11-7-15)21-20(23)17-8-12-19(13-9-17)26(24,25)22-14-4-3-5-16(22)2/h8-9,12-13,15-16,18H,3-7,10-11,14H2,1-2H3,(H,21,23). The van der Waals surface area contributed by atoms with Gasteiger partial charge in [0.25, 0.3) is 5.91 Å². The van der Waals surface area contributed by atoms with E-state index in [0.29, 0.717) is 12.1 Å². The van der Waals surface area contributed by atoms with Crippen LogP contribution in [0.15, 0.2) is 29.2 Å². The maximum absolute atomic E-state index is 12.9. The van der Waals surface area contributed by atoms with E-state index in [1.54, 1.807) is 28.6 Å². The highest BCUT2D eigenvalue weighted by molar-refractivity contribution is 7.89. The fourth-order valence-electron chi connectivity index (χ4n) is 4.02. The molecule has 0 aromatic heterocycles. The molecule has 1 unspecified atom stereocenters. The molecule has 1 aliphatic heterocycles. The van der Waals surface area contributed by atoms with E-state index in [4.69, 9.17) is 0 Å². The second-order valence-electron chi connectivity index (χ2n) is 7.92. The van der Waals surface area contributed by atoms with Crippen LogP contribution in [0, 0.1) is 5.92 Å². The molecule has 1 saturated heterocycles. The van der Waals surface area contributed by atoms with Crippen molar-refractivity contribution in [1.82, 2.24) is 9.62 Å². The van der Waals surface area contributed by atoms with Gasteiger partial charge in [-0.15, -0.1) is 0 Å². The van der Waals surface area contributed by atoms with Crippen molar-refractivity contribution in [1.29, 1.82) is 0 Å². The number of carbonyl (C=O) groups excluding carboxylic acids is 1. The third-order valence-corrected chi connectivity index (χ3v) is 7.84. The van der Waals surface area contributed by atoms with Crippen molar-refractivity contribution in [2.45, 2.75) is 75.8 Å². The minimum atomic E-state index is -3.49. The number of sulfonamides is 1. The fourth-order valence-corrected chi connectivity index (χ4v) is 5.72. The molecule has 1 aliphatic carbocycles. The number of hydrogen-bond donors (Lipinski definition) is 1. The van der Waals surface area contributed by atoms with E-state index in [0.717, 1.165) is 50.9 Å². The zero-order valence-corrected chi connectivity index (χ0v) is 16.6. The maximum atomic E-state index is 12.9. The van der Waals surface area contributed by atoms with Gasteiger partial charge in [0.05, 0.1) is 4.90 Å². The Hall–Kier alpha value is -1.40. The molecule has 1 aromatic carbocycles. The molecule has 1 saturated carbocycles. The summed E-state index contributed by atoms with van der Waals surface area (Å²) in [6.07, 6.45) is 7.22. The van der Waals surface area contributed by atoms with E-state index < -0.39 is 10.0 Å². The largest absolute Gasteiger partial charge is 0.349 e. The Bertz CT molecular complexity index is 722. The van der Waals surface area contributed by atoms with E-state index in [1.807, 2.05) is 6.92 Å². The lowest BCUT2D eigenvalue weighted by atomic mass is 9.87. The smallest absolute Gasteiger partial charge is 0.251 e. The van der Waals surface area contributed by atoms with Gasteiger partial charge in [-0.1, -0.05) is 13.3 Å². The van der Waals surface area contributed by atoms with E-state index >= 15 is 0 Å². The quantitative estimate of drug-likeness (QED) is 0.871. The predicted octanol–water partition coefficient (Wildman–Crippen LogP) is 3.56. The van der Waals surface area contributed by atoms with Gasteiger partial charge in [-0.3, -0.25) is 4.79 Å². The second kappa shape index (κ2) is 8.09. The van der Waals surface area contributed by atoms with Gasteiger partial charge in [-0.2, -0.15) is 4.31 Å². The number of rotatable bonds is 4. The predicted molar refractivity (Wildman–Crippen MR) is 103 cm³/mol. The summed E-state index contributed by atoms with van der Waals surface area (Å²) in [6.45, 7) is 4.79. The molecule has 3 rings (SSSR count). The lowest BCUT2D eigenvalue weighted by molar-refractivity contribution is 0.0923. The van der Waals surface area contributed by atoms with Crippen molar-refractivity contribution < 1.29 is 13.2 Å². The average molecular weight is 379 g/mol. The molecule has 2 fully saturated rings. The Kier molecular flexibility index (Phi) is 6.03. The lowest BCUT2D eigenvalue weighted by Gasteiger charge is -2.32. The van der Waals surface area contributed by atoms with Crippen LogP contribution in [-0.4, -0.2) is 37.3 Å². The third-order valence-electron chi connectivity index (χ3n) is 5.82. The molecular formula is C20H30N2O3S. The van der Waals surface area contributed by atoms with Crippen molar-refractivity contribution in [3.63, 3.8) is 0 Å². The van der Waals surface area contributed by atoms with Crippen LogP contribution < -0.4 is 5.32 Å². The molecule has 1 heterocycles. The van der Waals surface area contributed by atoms with Crippen LogP contribution in [-0.2, 0) is 10.0 Å². The number of hydrogen-bond acceptors (Lipinski definition) is 3. The Labute approximate surface area is 157 Å². The summed E-state index contributed by atoms with van der Waals surface area (Å²) in [4.78, 5) is 12.7. The number of benzene rings is 1. The molecule has 26 heavy (non-hydrogen) atoms. The van der Waals surface area contributed by atoms with Crippen LogP contribution in [0.3, 0.4) is 0 Å². The number of nitrogens with one attached hydrogen (secondary N) is 1. The molecule has 0 spiro atoms. The second-order valence-corrected chi connectivity index (χ2v) is 9.81. The van der Waals surface area contributed by atoms with Gasteiger partial charge in [0.2, 0.25) is 10.0 Å². The Morgan fingerprint density at radius 1 is 1.00 bits per heavy atom. The van der Waals surface area contributed by atoms with Crippen LogP contribution >= 0.6 is 0 Å². The van der Waals surface area contributed by atoms with E-state index in [1.165, 1.54) is 0 Å². The Morgan fingerprint density at radius 2 is 1.65 bits per heavy atom. The first-order chi connectivity index (χ1) is 12.4. The first kappa shape index (κ1) is 19.4. The monoisotopic (exact) mass is 378 g/mol. The van der Waals surface area contributed by atoms with Crippen LogP contribution in [0.1, 0.15) is 69.2 Å². The van der Waals surface area contributed by atoms with Gasteiger partial charge in [0.1, 0.15) is 0 Å². The highest BCUT2D eigenvalue weighted by Crippen LogP contribution is 2.26.